The van der Waals surface area contributed by atoms with Crippen LogP contribution in [0, 0.1) is 6.92 Å². The van der Waals surface area contributed by atoms with Gasteiger partial charge in [0.05, 0.1) is 10.0 Å². The molecule has 1 aromatic carbocycles. The molecule has 0 radical (unpaired) electrons. The van der Waals surface area contributed by atoms with Crippen LogP contribution >= 0.6 is 39.1 Å². The molecular formula is C9H9BrCl2O2. The first-order chi connectivity index (χ1) is 6.57. The van der Waals surface area contributed by atoms with Crippen LogP contribution in [0.25, 0.3) is 0 Å². The number of rotatable bonds is 3. The third-order valence-electron chi connectivity index (χ3n) is 1.68. The lowest BCUT2D eigenvalue weighted by Gasteiger charge is -2.11. The molecule has 2 nitrogen and oxygen atoms in total. The largest absolute Gasteiger partial charge is 0.464 e. The molecule has 1 rings (SSSR count). The van der Waals surface area contributed by atoms with Crippen molar-refractivity contribution in [2.45, 2.75) is 6.92 Å². The molecule has 0 saturated heterocycles. The summed E-state index contributed by atoms with van der Waals surface area (Å²) in [4.78, 5) is 0. The molecule has 0 fully saturated rings. The van der Waals surface area contributed by atoms with Crippen molar-refractivity contribution >= 4 is 39.1 Å². The van der Waals surface area contributed by atoms with Crippen molar-refractivity contribution in [2.75, 3.05) is 13.9 Å². The molecule has 78 valence electrons. The van der Waals surface area contributed by atoms with Crippen LogP contribution in [-0.2, 0) is 4.74 Å². The Kier molecular flexibility index (Phi) is 4.51. The van der Waals surface area contributed by atoms with Crippen LogP contribution in [0.3, 0.4) is 0 Å². The maximum Gasteiger partial charge on any atom is 0.188 e. The van der Waals surface area contributed by atoms with Gasteiger partial charge < -0.3 is 9.47 Å². The highest BCUT2D eigenvalue weighted by Gasteiger charge is 2.12. The van der Waals surface area contributed by atoms with Gasteiger partial charge in [0.15, 0.2) is 12.5 Å². The van der Waals surface area contributed by atoms with E-state index in [2.05, 4.69) is 15.9 Å². The number of hydrogen-bond donors (Lipinski definition) is 0. The summed E-state index contributed by atoms with van der Waals surface area (Å²) in [6.07, 6.45) is 0. The molecule has 0 bridgehead atoms. The lowest BCUT2D eigenvalue weighted by molar-refractivity contribution is 0.0512. The number of ether oxygens (including phenoxy) is 2. The maximum absolute atomic E-state index is 6.04. The molecular weight excluding hydrogens is 291 g/mol. The molecule has 0 aromatic heterocycles. The molecule has 0 saturated carbocycles. The second-order valence-electron chi connectivity index (χ2n) is 2.66. The summed E-state index contributed by atoms with van der Waals surface area (Å²) in [6, 6.07) is 1.74. The number of hydrogen-bond acceptors (Lipinski definition) is 2. The average molecular weight is 300 g/mol. The van der Waals surface area contributed by atoms with Crippen molar-refractivity contribution in [3.8, 4) is 5.75 Å². The normalized spacial score (nSPS) is 10.4. The van der Waals surface area contributed by atoms with E-state index >= 15 is 0 Å². The molecule has 0 aliphatic rings. The second kappa shape index (κ2) is 5.21. The van der Waals surface area contributed by atoms with E-state index in [1.165, 1.54) is 7.11 Å². The smallest absolute Gasteiger partial charge is 0.188 e. The zero-order valence-corrected chi connectivity index (χ0v) is 10.8. The fraction of sp³-hybridized carbons (Fsp3) is 0.333. The minimum Gasteiger partial charge on any atom is -0.464 e. The van der Waals surface area contributed by atoms with Crippen molar-refractivity contribution in [1.82, 2.24) is 0 Å². The maximum atomic E-state index is 6.04. The van der Waals surface area contributed by atoms with Crippen LogP contribution < -0.4 is 4.74 Å². The van der Waals surface area contributed by atoms with Crippen molar-refractivity contribution in [3.05, 3.63) is 26.1 Å². The van der Waals surface area contributed by atoms with E-state index in [-0.39, 0.29) is 6.79 Å². The summed E-state index contributed by atoms with van der Waals surface area (Å²) < 4.78 is 10.9. The predicted molar refractivity (Wildman–Crippen MR) is 61.4 cm³/mol. The topological polar surface area (TPSA) is 18.5 Å². The summed E-state index contributed by atoms with van der Waals surface area (Å²) in [6.45, 7) is 2.00. The summed E-state index contributed by atoms with van der Waals surface area (Å²) in [5, 5.41) is 0.964. The summed E-state index contributed by atoms with van der Waals surface area (Å²) in [7, 11) is 1.54. The summed E-state index contributed by atoms with van der Waals surface area (Å²) >= 11 is 15.3. The molecule has 0 aliphatic carbocycles. The highest BCUT2D eigenvalue weighted by Crippen LogP contribution is 2.39. The Morgan fingerprint density at radius 1 is 1.43 bits per heavy atom. The van der Waals surface area contributed by atoms with Crippen LogP contribution in [-0.4, -0.2) is 13.9 Å². The van der Waals surface area contributed by atoms with E-state index in [0.29, 0.717) is 15.8 Å². The molecule has 0 heterocycles. The SMILES string of the molecule is COCOc1c(Cl)cc(Br)c(C)c1Cl. The molecule has 1 aromatic rings. The Hall–Kier alpha value is 0.0400. The van der Waals surface area contributed by atoms with E-state index < -0.39 is 0 Å². The highest BCUT2D eigenvalue weighted by molar-refractivity contribution is 9.10. The fourth-order valence-corrected chi connectivity index (χ4v) is 2.15. The first-order valence-corrected chi connectivity index (χ1v) is 5.38. The molecule has 0 amide bonds. The van der Waals surface area contributed by atoms with Crippen molar-refractivity contribution in [3.63, 3.8) is 0 Å². The molecule has 0 spiro atoms. The van der Waals surface area contributed by atoms with Crippen LogP contribution in [0.4, 0.5) is 0 Å². The first kappa shape index (κ1) is 12.1. The van der Waals surface area contributed by atoms with Crippen LogP contribution in [0.5, 0.6) is 5.75 Å². The van der Waals surface area contributed by atoms with Gasteiger partial charge in [0.2, 0.25) is 0 Å². The molecule has 14 heavy (non-hydrogen) atoms. The molecule has 0 N–H and O–H groups in total. The average Bonchev–Trinajstić information content (AvgIpc) is 2.14. The minimum atomic E-state index is 0.126. The Morgan fingerprint density at radius 2 is 2.07 bits per heavy atom. The highest BCUT2D eigenvalue weighted by atomic mass is 79.9. The Labute approximate surface area is 101 Å². The zero-order valence-electron chi connectivity index (χ0n) is 7.73. The molecule has 0 atom stereocenters. The Balaban J connectivity index is 3.09. The van der Waals surface area contributed by atoms with Crippen molar-refractivity contribution in [2.24, 2.45) is 0 Å². The van der Waals surface area contributed by atoms with Crippen molar-refractivity contribution < 1.29 is 9.47 Å². The summed E-state index contributed by atoms with van der Waals surface area (Å²) in [5.74, 6) is 0.455. The molecule has 0 aliphatic heterocycles. The number of methoxy groups -OCH3 is 1. The predicted octanol–water partition coefficient (Wildman–Crippen LogP) is 4.05. The monoisotopic (exact) mass is 298 g/mol. The van der Waals surface area contributed by atoms with Crippen LogP contribution in [0.1, 0.15) is 5.56 Å². The van der Waals surface area contributed by atoms with Crippen LogP contribution in [0.15, 0.2) is 10.5 Å². The van der Waals surface area contributed by atoms with Gasteiger partial charge in [-0.1, -0.05) is 39.1 Å². The quantitative estimate of drug-likeness (QED) is 0.784. The second-order valence-corrected chi connectivity index (χ2v) is 4.30. The van der Waals surface area contributed by atoms with Gasteiger partial charge in [0.25, 0.3) is 0 Å². The van der Waals surface area contributed by atoms with Gasteiger partial charge in [0, 0.05) is 11.6 Å². The van der Waals surface area contributed by atoms with Crippen LogP contribution in [0.2, 0.25) is 10.0 Å². The van der Waals surface area contributed by atoms with Gasteiger partial charge in [-0.25, -0.2) is 0 Å². The number of halogens is 3. The van der Waals surface area contributed by atoms with E-state index in [4.69, 9.17) is 32.7 Å². The van der Waals surface area contributed by atoms with E-state index in [9.17, 15) is 0 Å². The van der Waals surface area contributed by atoms with Gasteiger partial charge >= 0.3 is 0 Å². The van der Waals surface area contributed by atoms with Gasteiger partial charge in [-0.2, -0.15) is 0 Å². The lowest BCUT2D eigenvalue weighted by Crippen LogP contribution is -2.00. The van der Waals surface area contributed by atoms with Gasteiger partial charge in [0.1, 0.15) is 0 Å². The van der Waals surface area contributed by atoms with Gasteiger partial charge in [-0.3, -0.25) is 0 Å². The Morgan fingerprint density at radius 3 is 2.64 bits per heavy atom. The lowest BCUT2D eigenvalue weighted by atomic mass is 10.2. The van der Waals surface area contributed by atoms with Gasteiger partial charge in [-0.05, 0) is 18.6 Å². The van der Waals surface area contributed by atoms with E-state index in [1.807, 2.05) is 6.92 Å². The first-order valence-electron chi connectivity index (χ1n) is 3.83. The molecule has 5 heteroatoms. The minimum absolute atomic E-state index is 0.126. The van der Waals surface area contributed by atoms with Gasteiger partial charge in [-0.15, -0.1) is 0 Å². The van der Waals surface area contributed by atoms with E-state index in [0.717, 1.165) is 10.0 Å². The number of benzene rings is 1. The third kappa shape index (κ3) is 2.54. The third-order valence-corrected chi connectivity index (χ3v) is 3.24. The molecule has 0 unspecified atom stereocenters. The summed E-state index contributed by atoms with van der Waals surface area (Å²) in [5.41, 5.74) is 0.891. The zero-order chi connectivity index (χ0) is 10.7. The van der Waals surface area contributed by atoms with E-state index in [1.54, 1.807) is 6.07 Å². The standard InChI is InChI=1S/C9H9BrCl2O2/c1-5-6(10)3-7(11)9(8(5)12)14-4-13-2/h3H,4H2,1-2H3. The Bertz CT molecular complexity index is 342. The van der Waals surface area contributed by atoms with Crippen molar-refractivity contribution in [1.29, 1.82) is 0 Å². The fourth-order valence-electron chi connectivity index (χ4n) is 0.915.